The Morgan fingerprint density at radius 2 is 0.564 bits per heavy atom. The molecule has 10 rings (SSSR count). The van der Waals surface area contributed by atoms with Gasteiger partial charge in [0.15, 0.2) is 17.5 Å². The molecular weight excluding hydrogens is 667 g/mol. The molecule has 1 aliphatic carbocycles. The van der Waals surface area contributed by atoms with Gasteiger partial charge in [0.1, 0.15) is 0 Å². The number of hydrogen-bond donors (Lipinski definition) is 0. The van der Waals surface area contributed by atoms with Crippen molar-refractivity contribution in [1.82, 2.24) is 15.0 Å². The van der Waals surface area contributed by atoms with Crippen LogP contribution in [-0.4, -0.2) is 15.0 Å². The van der Waals surface area contributed by atoms with Crippen LogP contribution < -0.4 is 0 Å². The van der Waals surface area contributed by atoms with Crippen LogP contribution in [0.15, 0.2) is 200 Å². The molecule has 3 heteroatoms. The zero-order chi connectivity index (χ0) is 36.6. The minimum absolute atomic E-state index is 0.649. The average Bonchev–Trinajstić information content (AvgIpc) is 3.67. The van der Waals surface area contributed by atoms with E-state index in [9.17, 15) is 0 Å². The van der Waals surface area contributed by atoms with Gasteiger partial charge < -0.3 is 0 Å². The van der Waals surface area contributed by atoms with Gasteiger partial charge in [-0.3, -0.25) is 0 Å². The summed E-state index contributed by atoms with van der Waals surface area (Å²) in [6, 6.07) is 70.7. The molecule has 8 aromatic carbocycles. The molecule has 3 nitrogen and oxygen atoms in total. The first-order valence-corrected chi connectivity index (χ1v) is 18.7. The highest BCUT2D eigenvalue weighted by molar-refractivity contribution is 5.90. The van der Waals surface area contributed by atoms with Gasteiger partial charge in [-0.2, -0.15) is 0 Å². The third-order valence-corrected chi connectivity index (χ3v) is 10.6. The van der Waals surface area contributed by atoms with Crippen molar-refractivity contribution in [2.24, 2.45) is 0 Å². The van der Waals surface area contributed by atoms with E-state index in [1.54, 1.807) is 0 Å². The van der Waals surface area contributed by atoms with Gasteiger partial charge in [-0.15, -0.1) is 0 Å². The van der Waals surface area contributed by atoms with E-state index in [0.717, 1.165) is 28.7 Å². The van der Waals surface area contributed by atoms with E-state index in [1.807, 2.05) is 36.4 Å². The minimum Gasteiger partial charge on any atom is -0.208 e. The quantitative estimate of drug-likeness (QED) is 0.166. The molecule has 0 saturated heterocycles. The summed E-state index contributed by atoms with van der Waals surface area (Å²) < 4.78 is 0. The lowest BCUT2D eigenvalue weighted by Gasteiger charge is -2.11. The lowest BCUT2D eigenvalue weighted by atomic mass is 9.93. The summed E-state index contributed by atoms with van der Waals surface area (Å²) in [7, 11) is 0. The Morgan fingerprint density at radius 1 is 0.236 bits per heavy atom. The van der Waals surface area contributed by atoms with E-state index in [4.69, 9.17) is 15.0 Å². The molecule has 1 heterocycles. The predicted octanol–water partition coefficient (Wildman–Crippen LogP) is 13.1. The summed E-state index contributed by atoms with van der Waals surface area (Å²) in [6.07, 6.45) is 0.884. The van der Waals surface area contributed by atoms with Gasteiger partial charge in [-0.1, -0.05) is 194 Å². The van der Waals surface area contributed by atoms with Crippen LogP contribution in [0.3, 0.4) is 0 Å². The SMILES string of the molecule is c1ccc(-c2ccc(-c3nc(-c4ccccc4)nc(-c4ccc(-c5cccc6c5Cc5c(-c7cccc(-c8ccccc8)c7)cccc5-6)cc4)n3)cc2)cc1. The first-order valence-electron chi connectivity index (χ1n) is 18.7. The molecule has 0 fully saturated rings. The van der Waals surface area contributed by atoms with Gasteiger partial charge in [-0.05, 0) is 79.2 Å². The highest BCUT2D eigenvalue weighted by atomic mass is 15.0. The molecular formula is C52H35N3. The number of benzene rings is 8. The van der Waals surface area contributed by atoms with E-state index >= 15 is 0 Å². The molecule has 0 saturated carbocycles. The van der Waals surface area contributed by atoms with Crippen molar-refractivity contribution in [2.75, 3.05) is 0 Å². The molecule has 0 bridgehead atoms. The molecule has 1 aromatic heterocycles. The normalized spacial score (nSPS) is 11.6. The van der Waals surface area contributed by atoms with E-state index < -0.39 is 0 Å². The van der Waals surface area contributed by atoms with Crippen molar-refractivity contribution >= 4 is 0 Å². The highest BCUT2D eigenvalue weighted by Gasteiger charge is 2.24. The molecule has 0 amide bonds. The van der Waals surface area contributed by atoms with Gasteiger partial charge >= 0.3 is 0 Å². The Kier molecular flexibility index (Phi) is 8.23. The fourth-order valence-electron chi connectivity index (χ4n) is 7.87. The smallest absolute Gasteiger partial charge is 0.164 e. The number of hydrogen-bond acceptors (Lipinski definition) is 3. The van der Waals surface area contributed by atoms with E-state index in [1.165, 1.54) is 61.2 Å². The summed E-state index contributed by atoms with van der Waals surface area (Å²) in [5, 5.41) is 0. The second kappa shape index (κ2) is 14.0. The third-order valence-electron chi connectivity index (χ3n) is 10.6. The summed E-state index contributed by atoms with van der Waals surface area (Å²) >= 11 is 0. The maximum Gasteiger partial charge on any atom is 0.164 e. The standard InChI is InChI=1S/C52H35N3/c1-4-13-35(14-5-1)37-25-29-40(30-26-37)51-53-50(39-17-8-3-9-18-39)54-52(55-51)41-31-27-38(28-32-41)44-21-11-23-46-47-24-12-22-45(49(47)34-48(44)46)43-20-10-19-42(33-43)36-15-6-2-7-16-36/h1-33H,34H2. The number of rotatable bonds is 7. The zero-order valence-corrected chi connectivity index (χ0v) is 30.1. The largest absolute Gasteiger partial charge is 0.208 e. The highest BCUT2D eigenvalue weighted by Crippen LogP contribution is 2.45. The number of fused-ring (bicyclic) bond motifs is 3. The maximum absolute atomic E-state index is 5.03. The summed E-state index contributed by atoms with van der Waals surface area (Å²) in [4.78, 5) is 15.0. The van der Waals surface area contributed by atoms with Crippen molar-refractivity contribution in [3.63, 3.8) is 0 Å². The molecule has 0 aliphatic heterocycles. The average molecular weight is 702 g/mol. The Bertz CT molecular complexity index is 2790. The van der Waals surface area contributed by atoms with Gasteiger partial charge in [0, 0.05) is 16.7 Å². The molecule has 1 aliphatic rings. The topological polar surface area (TPSA) is 38.7 Å². The van der Waals surface area contributed by atoms with Crippen LogP contribution in [0, 0.1) is 0 Å². The van der Waals surface area contributed by atoms with Crippen LogP contribution in [0.1, 0.15) is 11.1 Å². The van der Waals surface area contributed by atoms with Crippen molar-refractivity contribution in [1.29, 1.82) is 0 Å². The lowest BCUT2D eigenvalue weighted by Crippen LogP contribution is -2.00. The second-order valence-electron chi connectivity index (χ2n) is 14.0. The number of nitrogens with zero attached hydrogens (tertiary/aromatic N) is 3. The van der Waals surface area contributed by atoms with Gasteiger partial charge in [0.2, 0.25) is 0 Å². The van der Waals surface area contributed by atoms with Crippen LogP contribution >= 0.6 is 0 Å². The first kappa shape index (κ1) is 32.4. The molecule has 0 N–H and O–H groups in total. The lowest BCUT2D eigenvalue weighted by molar-refractivity contribution is 1.07. The summed E-state index contributed by atoms with van der Waals surface area (Å²) in [6.45, 7) is 0. The monoisotopic (exact) mass is 701 g/mol. The predicted molar refractivity (Wildman–Crippen MR) is 226 cm³/mol. The first-order chi connectivity index (χ1) is 27.2. The van der Waals surface area contributed by atoms with E-state index in [2.05, 4.69) is 164 Å². The van der Waals surface area contributed by atoms with Crippen molar-refractivity contribution in [3.8, 4) is 89.8 Å². The summed E-state index contributed by atoms with van der Waals surface area (Å²) in [5.74, 6) is 1.95. The third kappa shape index (κ3) is 6.22. The maximum atomic E-state index is 5.03. The molecule has 9 aromatic rings. The molecule has 258 valence electrons. The van der Waals surface area contributed by atoms with E-state index in [-0.39, 0.29) is 0 Å². The Balaban J connectivity index is 0.985. The molecule has 0 radical (unpaired) electrons. The molecule has 0 spiro atoms. The zero-order valence-electron chi connectivity index (χ0n) is 30.1. The minimum atomic E-state index is 0.649. The Hall–Kier alpha value is -7.23. The fraction of sp³-hybridized carbons (Fsp3) is 0.0192. The van der Waals surface area contributed by atoms with Crippen LogP contribution in [0.25, 0.3) is 89.8 Å². The van der Waals surface area contributed by atoms with Crippen LogP contribution in [0.4, 0.5) is 0 Å². The molecule has 55 heavy (non-hydrogen) atoms. The Labute approximate surface area is 321 Å². The molecule has 0 unspecified atom stereocenters. The van der Waals surface area contributed by atoms with Gasteiger partial charge in [0.25, 0.3) is 0 Å². The fourth-order valence-corrected chi connectivity index (χ4v) is 7.87. The van der Waals surface area contributed by atoms with E-state index in [0.29, 0.717) is 17.5 Å². The van der Waals surface area contributed by atoms with Crippen molar-refractivity contribution < 1.29 is 0 Å². The van der Waals surface area contributed by atoms with Crippen molar-refractivity contribution in [3.05, 3.63) is 211 Å². The second-order valence-corrected chi connectivity index (χ2v) is 14.0. The number of aromatic nitrogens is 3. The van der Waals surface area contributed by atoms with Crippen LogP contribution in [0.2, 0.25) is 0 Å². The van der Waals surface area contributed by atoms with Gasteiger partial charge in [0.05, 0.1) is 0 Å². The molecule has 0 atom stereocenters. The summed E-state index contributed by atoms with van der Waals surface area (Å²) in [5.41, 5.74) is 18.0. The van der Waals surface area contributed by atoms with Crippen molar-refractivity contribution in [2.45, 2.75) is 6.42 Å². The van der Waals surface area contributed by atoms with Crippen LogP contribution in [0.5, 0.6) is 0 Å². The van der Waals surface area contributed by atoms with Crippen LogP contribution in [-0.2, 0) is 6.42 Å². The Morgan fingerprint density at radius 3 is 1.09 bits per heavy atom. The van der Waals surface area contributed by atoms with Gasteiger partial charge in [-0.25, -0.2) is 15.0 Å².